The average Bonchev–Trinajstić information content (AvgIpc) is 1.25. The van der Waals surface area contributed by atoms with Crippen molar-refractivity contribution >= 4 is 34.1 Å². The minimum atomic E-state index is -1.36. The van der Waals surface area contributed by atoms with Gasteiger partial charge in [0.25, 0.3) is 0 Å². The molecule has 0 aromatic heterocycles. The lowest BCUT2D eigenvalue weighted by Gasteiger charge is -1.55. The zero-order valence-corrected chi connectivity index (χ0v) is 5.48. The van der Waals surface area contributed by atoms with E-state index in [4.69, 9.17) is 19.8 Å². The van der Waals surface area contributed by atoms with Crippen molar-refractivity contribution in [3.8, 4) is 0 Å². The highest BCUT2D eigenvalue weighted by Gasteiger charge is 1.71. The Balaban J connectivity index is -0.0000000720. The maximum atomic E-state index is 8.77. The lowest BCUT2D eigenvalue weighted by atomic mass is 11.6. The Morgan fingerprint density at radius 2 is 1.00 bits per heavy atom. The third-order valence-corrected chi connectivity index (χ3v) is 0. The zero-order chi connectivity index (χ0) is 7.15. The summed E-state index contributed by atoms with van der Waals surface area (Å²) in [5.41, 5.74) is -2.72. The Hall–Kier alpha value is -0.520. The van der Waals surface area contributed by atoms with Crippen LogP contribution in [0.2, 0.25) is 0 Å². The summed E-state index contributed by atoms with van der Waals surface area (Å²) in [4.78, 5) is 17.5. The first-order chi connectivity index (χ1) is 3.46. The number of carboxylic acid groups (broad SMARTS) is 2. The quantitative estimate of drug-likeness (QED) is 0.540. The molecule has 9 heavy (non-hydrogen) atoms. The molecule has 5 nitrogen and oxygen atoms in total. The highest BCUT2D eigenvalue weighted by atomic mass is 35.5. The van der Waals surface area contributed by atoms with Gasteiger partial charge in [-0.25, -0.2) is 9.59 Å². The monoisotopic (exact) mass is 178 g/mol. The van der Waals surface area contributed by atoms with Crippen LogP contribution in [0.5, 0.6) is 0 Å². The molecule has 0 amide bonds. The first kappa shape index (κ1) is 15.8. The molecule has 0 heterocycles. The van der Waals surface area contributed by atoms with Crippen molar-refractivity contribution < 1.29 is 25.3 Å². The van der Waals surface area contributed by atoms with Crippen LogP contribution in [0.25, 0.3) is 0 Å². The number of rotatable bonds is 0. The second kappa shape index (κ2) is 10.5. The van der Waals surface area contributed by atoms with Crippen molar-refractivity contribution in [2.45, 2.75) is 0 Å². The van der Waals surface area contributed by atoms with Gasteiger partial charge in [0, 0.05) is 23.2 Å². The molecule has 0 fully saturated rings. The van der Waals surface area contributed by atoms with E-state index in [0.29, 0.717) is 0 Å². The normalized spacial score (nSPS) is 5.56. The third-order valence-electron chi connectivity index (χ3n) is 0. The molecule has 0 rings (SSSR count). The molecule has 0 saturated carbocycles. The van der Waals surface area contributed by atoms with Crippen LogP contribution < -0.4 is 0 Å². The predicted molar refractivity (Wildman–Crippen MR) is 31.4 cm³/mol. The third kappa shape index (κ3) is 831. The topological polar surface area (TPSA) is 106 Å². The van der Waals surface area contributed by atoms with Gasteiger partial charge >= 0.3 is 10.9 Å². The number of carbonyl (C=O) groups is 2. The predicted octanol–water partition coefficient (Wildman–Crippen LogP) is 0.982. The van der Waals surface area contributed by atoms with Gasteiger partial charge in [-0.15, -0.1) is 0 Å². The van der Waals surface area contributed by atoms with E-state index in [1.807, 2.05) is 0 Å². The molecule has 0 radical (unpaired) electrons. The molecule has 0 aliphatic carbocycles. The van der Waals surface area contributed by atoms with E-state index in [1.54, 1.807) is 0 Å². The number of hydrogen-bond acceptors (Lipinski definition) is 2. The highest BCUT2D eigenvalue weighted by Crippen LogP contribution is 1.68. The summed E-state index contributed by atoms with van der Waals surface area (Å²) in [6.07, 6.45) is 0. The van der Waals surface area contributed by atoms with Gasteiger partial charge in [0.15, 0.2) is 0 Å². The van der Waals surface area contributed by atoms with Crippen LogP contribution in [0.3, 0.4) is 0 Å². The fraction of sp³-hybridized carbons (Fsp3) is 0. The Bertz CT molecular complexity index is 71.0. The summed E-state index contributed by atoms with van der Waals surface area (Å²) in [5, 5.41) is 14.4. The summed E-state index contributed by atoms with van der Waals surface area (Å²) in [7, 11) is 0. The van der Waals surface area contributed by atoms with E-state index in [9.17, 15) is 0 Å². The van der Waals surface area contributed by atoms with Gasteiger partial charge in [-0.2, -0.15) is 0 Å². The SMILES string of the molecule is O.O=C(O)Cl.O=C(O)Cl. The minimum Gasteiger partial charge on any atom is -0.469 e. The fourth-order valence-corrected chi connectivity index (χ4v) is 0. The fourth-order valence-electron chi connectivity index (χ4n) is 0. The summed E-state index contributed by atoms with van der Waals surface area (Å²) in [6.45, 7) is 0. The van der Waals surface area contributed by atoms with Gasteiger partial charge in [0.1, 0.15) is 0 Å². The largest absolute Gasteiger partial charge is 0.469 e. The molecule has 0 aliphatic rings. The Morgan fingerprint density at radius 1 is 1.00 bits per heavy atom. The molecule has 0 aromatic rings. The number of hydrogen-bond donors (Lipinski definition) is 2. The van der Waals surface area contributed by atoms with Gasteiger partial charge in [0.2, 0.25) is 0 Å². The maximum Gasteiger partial charge on any atom is 0.401 e. The van der Waals surface area contributed by atoms with E-state index in [-0.39, 0.29) is 5.48 Å². The minimum absolute atomic E-state index is 0. The van der Waals surface area contributed by atoms with Gasteiger partial charge < -0.3 is 15.7 Å². The molecule has 0 aliphatic heterocycles. The molecule has 0 spiro atoms. The van der Waals surface area contributed by atoms with Gasteiger partial charge in [-0.3, -0.25) is 0 Å². The molecule has 7 heteroatoms. The van der Waals surface area contributed by atoms with Crippen LogP contribution in [-0.2, 0) is 0 Å². The molecular weight excluding hydrogens is 175 g/mol. The van der Waals surface area contributed by atoms with Crippen molar-refractivity contribution in [3.63, 3.8) is 0 Å². The Morgan fingerprint density at radius 3 is 1.00 bits per heavy atom. The van der Waals surface area contributed by atoms with Crippen molar-refractivity contribution in [1.82, 2.24) is 0 Å². The number of halogens is 2. The van der Waals surface area contributed by atoms with Gasteiger partial charge in [-0.1, -0.05) is 0 Å². The van der Waals surface area contributed by atoms with Crippen LogP contribution in [0, 0.1) is 0 Å². The highest BCUT2D eigenvalue weighted by molar-refractivity contribution is 6.60. The molecule has 0 unspecified atom stereocenters. The van der Waals surface area contributed by atoms with Crippen LogP contribution in [0.1, 0.15) is 0 Å². The van der Waals surface area contributed by atoms with E-state index in [2.05, 4.69) is 23.2 Å². The summed E-state index contributed by atoms with van der Waals surface area (Å²) < 4.78 is 0. The standard InChI is InChI=1S/2CHClO2.H2O/c2*2-1(3)4;/h2*(H,3,4);1H2. The summed E-state index contributed by atoms with van der Waals surface area (Å²) >= 11 is 8.38. The molecule has 0 saturated heterocycles. The second-order valence-corrected chi connectivity index (χ2v) is 1.15. The zero-order valence-electron chi connectivity index (χ0n) is 3.97. The van der Waals surface area contributed by atoms with Crippen LogP contribution in [0.15, 0.2) is 0 Å². The van der Waals surface area contributed by atoms with Gasteiger partial charge in [0.05, 0.1) is 0 Å². The Kier molecular flexibility index (Phi) is 18.4. The van der Waals surface area contributed by atoms with E-state index in [0.717, 1.165) is 0 Å². The molecular formula is C2H4Cl2O5. The smallest absolute Gasteiger partial charge is 0.401 e. The van der Waals surface area contributed by atoms with Crippen LogP contribution >= 0.6 is 23.2 Å². The molecule has 4 N–H and O–H groups in total. The van der Waals surface area contributed by atoms with Crippen molar-refractivity contribution in [1.29, 1.82) is 0 Å². The summed E-state index contributed by atoms with van der Waals surface area (Å²) in [6, 6.07) is 0. The van der Waals surface area contributed by atoms with Crippen molar-refractivity contribution in [3.05, 3.63) is 0 Å². The average molecular weight is 179 g/mol. The van der Waals surface area contributed by atoms with E-state index >= 15 is 0 Å². The molecule has 0 aromatic carbocycles. The molecule has 0 atom stereocenters. The Labute approximate surface area is 60.1 Å². The lowest BCUT2D eigenvalue weighted by Crippen LogP contribution is -1.66. The molecule has 0 bridgehead atoms. The summed E-state index contributed by atoms with van der Waals surface area (Å²) in [5.74, 6) is 0. The van der Waals surface area contributed by atoms with Crippen LogP contribution in [0.4, 0.5) is 9.59 Å². The van der Waals surface area contributed by atoms with Crippen molar-refractivity contribution in [2.24, 2.45) is 0 Å². The maximum absolute atomic E-state index is 8.77. The first-order valence-corrected chi connectivity index (χ1v) is 1.99. The van der Waals surface area contributed by atoms with Crippen molar-refractivity contribution in [2.75, 3.05) is 0 Å². The first-order valence-electron chi connectivity index (χ1n) is 1.23. The van der Waals surface area contributed by atoms with E-state index in [1.165, 1.54) is 0 Å². The molecule has 56 valence electrons. The van der Waals surface area contributed by atoms with E-state index < -0.39 is 10.9 Å². The van der Waals surface area contributed by atoms with Gasteiger partial charge in [-0.05, 0) is 0 Å². The second-order valence-electron chi connectivity index (χ2n) is 0.506. The van der Waals surface area contributed by atoms with Crippen LogP contribution in [-0.4, -0.2) is 26.5 Å². The lowest BCUT2D eigenvalue weighted by molar-refractivity contribution is 0.219.